The molecule has 0 atom stereocenters. The first kappa shape index (κ1) is 20.8. The molecular formula is C20H29N3O4S. The number of nitrogens with zero attached hydrogens (tertiary/aromatic N) is 1. The van der Waals surface area contributed by atoms with Crippen molar-refractivity contribution in [1.82, 2.24) is 9.62 Å². The molecule has 0 unspecified atom stereocenters. The number of hydrogen-bond acceptors (Lipinski definition) is 4. The summed E-state index contributed by atoms with van der Waals surface area (Å²) in [5.41, 5.74) is 0.565. The third-order valence-electron chi connectivity index (χ3n) is 5.58. The number of amides is 2. The zero-order chi connectivity index (χ0) is 20.1. The molecule has 1 aromatic rings. The van der Waals surface area contributed by atoms with E-state index in [2.05, 4.69) is 10.6 Å². The Labute approximate surface area is 166 Å². The standard InChI is InChI=1S/C20H29N3O4S/c1-15(24)21-17-6-8-19(9-7-17)28(26,27)23-12-10-18(11-13-23)22-20(25)14-16-4-2-3-5-16/h6-9,16,18H,2-5,10-14H2,1H3,(H,21,24)(H,22,25). The number of benzene rings is 1. The maximum atomic E-state index is 12.8. The average Bonchev–Trinajstić information content (AvgIpc) is 3.15. The molecule has 154 valence electrons. The Morgan fingerprint density at radius 3 is 2.21 bits per heavy atom. The van der Waals surface area contributed by atoms with Crippen molar-refractivity contribution >= 4 is 27.5 Å². The van der Waals surface area contributed by atoms with Gasteiger partial charge in [0.1, 0.15) is 0 Å². The van der Waals surface area contributed by atoms with Gasteiger partial charge in [0.2, 0.25) is 21.8 Å². The van der Waals surface area contributed by atoms with Gasteiger partial charge < -0.3 is 10.6 Å². The van der Waals surface area contributed by atoms with E-state index in [0.717, 1.165) is 12.8 Å². The number of anilines is 1. The van der Waals surface area contributed by atoms with Crippen molar-refractivity contribution in [3.05, 3.63) is 24.3 Å². The van der Waals surface area contributed by atoms with Crippen LogP contribution in [0.25, 0.3) is 0 Å². The van der Waals surface area contributed by atoms with Crippen LogP contribution in [0.15, 0.2) is 29.2 Å². The fourth-order valence-electron chi connectivity index (χ4n) is 4.07. The monoisotopic (exact) mass is 407 g/mol. The quantitative estimate of drug-likeness (QED) is 0.757. The molecule has 0 radical (unpaired) electrons. The van der Waals surface area contributed by atoms with E-state index in [1.54, 1.807) is 12.1 Å². The molecule has 1 saturated heterocycles. The summed E-state index contributed by atoms with van der Waals surface area (Å²) in [7, 11) is -3.57. The Morgan fingerprint density at radius 1 is 1.04 bits per heavy atom. The molecule has 1 aliphatic carbocycles. The van der Waals surface area contributed by atoms with Crippen molar-refractivity contribution in [2.75, 3.05) is 18.4 Å². The van der Waals surface area contributed by atoms with Crippen LogP contribution in [0.5, 0.6) is 0 Å². The average molecular weight is 408 g/mol. The van der Waals surface area contributed by atoms with E-state index >= 15 is 0 Å². The van der Waals surface area contributed by atoms with Gasteiger partial charge in [-0.05, 0) is 55.9 Å². The molecule has 2 fully saturated rings. The molecular weight excluding hydrogens is 378 g/mol. The number of rotatable bonds is 6. The first-order valence-corrected chi connectivity index (χ1v) is 11.5. The van der Waals surface area contributed by atoms with Crippen molar-refractivity contribution < 1.29 is 18.0 Å². The van der Waals surface area contributed by atoms with Crippen LogP contribution < -0.4 is 10.6 Å². The summed E-state index contributed by atoms with van der Waals surface area (Å²) in [6, 6.07) is 6.24. The molecule has 0 aromatic heterocycles. The van der Waals surface area contributed by atoms with Crippen LogP contribution >= 0.6 is 0 Å². The van der Waals surface area contributed by atoms with E-state index in [1.807, 2.05) is 0 Å². The second kappa shape index (κ2) is 9.05. The lowest BCUT2D eigenvalue weighted by Crippen LogP contribution is -2.46. The number of sulfonamides is 1. The predicted molar refractivity (Wildman–Crippen MR) is 107 cm³/mol. The van der Waals surface area contributed by atoms with Crippen LogP contribution in [0, 0.1) is 5.92 Å². The van der Waals surface area contributed by atoms with Crippen LogP contribution in [-0.4, -0.2) is 43.7 Å². The molecule has 3 rings (SSSR count). The molecule has 1 saturated carbocycles. The second-order valence-corrected chi connectivity index (χ2v) is 9.74. The number of carbonyl (C=O) groups is 2. The molecule has 0 bridgehead atoms. The van der Waals surface area contributed by atoms with Gasteiger partial charge in [0, 0.05) is 38.2 Å². The van der Waals surface area contributed by atoms with Crippen molar-refractivity contribution in [3.63, 3.8) is 0 Å². The summed E-state index contributed by atoms with van der Waals surface area (Å²) in [5.74, 6) is 0.412. The van der Waals surface area contributed by atoms with E-state index in [9.17, 15) is 18.0 Å². The SMILES string of the molecule is CC(=O)Nc1ccc(S(=O)(=O)N2CCC(NC(=O)CC3CCCC3)CC2)cc1. The van der Waals surface area contributed by atoms with Gasteiger partial charge in [-0.15, -0.1) is 0 Å². The van der Waals surface area contributed by atoms with Crippen LogP contribution in [0.2, 0.25) is 0 Å². The van der Waals surface area contributed by atoms with E-state index in [-0.39, 0.29) is 22.8 Å². The molecule has 2 amide bonds. The number of hydrogen-bond donors (Lipinski definition) is 2. The minimum Gasteiger partial charge on any atom is -0.353 e. The Morgan fingerprint density at radius 2 is 1.64 bits per heavy atom. The maximum absolute atomic E-state index is 12.8. The Bertz CT molecular complexity index is 793. The fraction of sp³-hybridized carbons (Fsp3) is 0.600. The van der Waals surface area contributed by atoms with E-state index in [0.29, 0.717) is 44.0 Å². The number of carbonyl (C=O) groups excluding carboxylic acids is 2. The van der Waals surface area contributed by atoms with E-state index in [4.69, 9.17) is 0 Å². The summed E-state index contributed by atoms with van der Waals surface area (Å²) in [6.07, 6.45) is 6.58. The number of piperidine rings is 1. The van der Waals surface area contributed by atoms with Crippen LogP contribution in [0.1, 0.15) is 51.9 Å². The molecule has 2 aliphatic rings. The number of nitrogens with one attached hydrogen (secondary N) is 2. The largest absolute Gasteiger partial charge is 0.353 e. The zero-order valence-electron chi connectivity index (χ0n) is 16.3. The van der Waals surface area contributed by atoms with Crippen molar-refractivity contribution in [1.29, 1.82) is 0 Å². The molecule has 8 heteroatoms. The van der Waals surface area contributed by atoms with Crippen molar-refractivity contribution in [2.45, 2.75) is 62.8 Å². The molecule has 2 N–H and O–H groups in total. The van der Waals surface area contributed by atoms with Crippen LogP contribution in [-0.2, 0) is 19.6 Å². The minimum absolute atomic E-state index is 0.0440. The highest BCUT2D eigenvalue weighted by Crippen LogP contribution is 2.28. The zero-order valence-corrected chi connectivity index (χ0v) is 17.1. The van der Waals surface area contributed by atoms with Gasteiger partial charge in [0.05, 0.1) is 4.90 Å². The summed E-state index contributed by atoms with van der Waals surface area (Å²) < 4.78 is 27.1. The Kier molecular flexibility index (Phi) is 6.72. The van der Waals surface area contributed by atoms with Gasteiger partial charge in [-0.2, -0.15) is 4.31 Å². The van der Waals surface area contributed by atoms with Gasteiger partial charge in [-0.25, -0.2) is 8.42 Å². The topological polar surface area (TPSA) is 95.6 Å². The molecule has 1 heterocycles. The second-order valence-electron chi connectivity index (χ2n) is 7.81. The first-order chi connectivity index (χ1) is 13.3. The minimum atomic E-state index is -3.57. The van der Waals surface area contributed by atoms with Gasteiger partial charge in [-0.1, -0.05) is 12.8 Å². The first-order valence-electron chi connectivity index (χ1n) is 10.0. The van der Waals surface area contributed by atoms with Gasteiger partial charge >= 0.3 is 0 Å². The highest BCUT2D eigenvalue weighted by molar-refractivity contribution is 7.89. The summed E-state index contributed by atoms with van der Waals surface area (Å²) >= 11 is 0. The molecule has 7 nitrogen and oxygen atoms in total. The van der Waals surface area contributed by atoms with Crippen molar-refractivity contribution in [3.8, 4) is 0 Å². The fourth-order valence-corrected chi connectivity index (χ4v) is 5.54. The molecule has 28 heavy (non-hydrogen) atoms. The third-order valence-corrected chi connectivity index (χ3v) is 7.49. The molecule has 1 aliphatic heterocycles. The van der Waals surface area contributed by atoms with E-state index in [1.165, 1.54) is 36.2 Å². The summed E-state index contributed by atoms with van der Waals surface area (Å²) in [5, 5.41) is 5.71. The lowest BCUT2D eigenvalue weighted by atomic mass is 10.0. The highest BCUT2D eigenvalue weighted by Gasteiger charge is 2.30. The Balaban J connectivity index is 1.51. The molecule has 0 spiro atoms. The van der Waals surface area contributed by atoms with Gasteiger partial charge in [-0.3, -0.25) is 9.59 Å². The maximum Gasteiger partial charge on any atom is 0.243 e. The third kappa shape index (κ3) is 5.32. The molecule has 1 aromatic carbocycles. The highest BCUT2D eigenvalue weighted by atomic mass is 32.2. The van der Waals surface area contributed by atoms with Crippen LogP contribution in [0.3, 0.4) is 0 Å². The van der Waals surface area contributed by atoms with Crippen molar-refractivity contribution in [2.24, 2.45) is 5.92 Å². The normalized spacial score (nSPS) is 19.5. The van der Waals surface area contributed by atoms with E-state index < -0.39 is 10.0 Å². The van der Waals surface area contributed by atoms with Gasteiger partial charge in [0.15, 0.2) is 0 Å². The summed E-state index contributed by atoms with van der Waals surface area (Å²) in [6.45, 7) is 2.19. The predicted octanol–water partition coefficient (Wildman–Crippen LogP) is 2.49. The van der Waals surface area contributed by atoms with Crippen LogP contribution in [0.4, 0.5) is 5.69 Å². The Hall–Kier alpha value is -1.93. The van der Waals surface area contributed by atoms with Gasteiger partial charge in [0.25, 0.3) is 0 Å². The summed E-state index contributed by atoms with van der Waals surface area (Å²) in [4.78, 5) is 23.5. The lowest BCUT2D eigenvalue weighted by molar-refractivity contribution is -0.123. The smallest absolute Gasteiger partial charge is 0.243 e. The lowest BCUT2D eigenvalue weighted by Gasteiger charge is -2.31.